The molecule has 2 aromatic rings. The Morgan fingerprint density at radius 2 is 1.71 bits per heavy atom. The van der Waals surface area contributed by atoms with E-state index < -0.39 is 0 Å². The molecule has 0 radical (unpaired) electrons. The smallest absolute Gasteiger partial charge is 0.150 e. The number of rotatable bonds is 4. The summed E-state index contributed by atoms with van der Waals surface area (Å²) < 4.78 is 17.1. The molecule has 4 rings (SSSR count). The van der Waals surface area contributed by atoms with E-state index in [4.69, 9.17) is 41.6 Å². The van der Waals surface area contributed by atoms with Crippen molar-refractivity contribution in [3.05, 3.63) is 59.7 Å². The minimum atomic E-state index is -0.0410. The molecule has 148 valence electrons. The number of nitrogen functional groups attached to an aromatic ring is 2. The zero-order chi connectivity index (χ0) is 20.1. The van der Waals surface area contributed by atoms with Crippen molar-refractivity contribution in [2.45, 2.75) is 24.7 Å². The van der Waals surface area contributed by atoms with Crippen molar-refractivity contribution in [1.29, 1.82) is 10.8 Å². The Hall–Kier alpha value is -3.10. The summed E-state index contributed by atoms with van der Waals surface area (Å²) in [5.41, 5.74) is 11.8. The maximum absolute atomic E-state index is 8.91. The number of benzene rings is 2. The molecule has 0 aromatic heterocycles. The summed E-state index contributed by atoms with van der Waals surface area (Å²) >= 11 is 0. The zero-order valence-electron chi connectivity index (χ0n) is 15.3. The van der Waals surface area contributed by atoms with Crippen LogP contribution in [0.3, 0.4) is 0 Å². The number of hydrogen-bond donors (Lipinski definition) is 5. The summed E-state index contributed by atoms with van der Waals surface area (Å²) in [5.74, 6) is 0.915. The molecule has 8 nitrogen and oxygen atoms in total. The molecular weight excluding hydrogens is 360 g/mol. The van der Waals surface area contributed by atoms with Crippen LogP contribution in [0.15, 0.2) is 48.5 Å². The van der Waals surface area contributed by atoms with Crippen LogP contribution in [0.25, 0.3) is 0 Å². The van der Waals surface area contributed by atoms with Gasteiger partial charge in [-0.2, -0.15) is 0 Å². The highest BCUT2D eigenvalue weighted by molar-refractivity contribution is 5.95. The van der Waals surface area contributed by atoms with E-state index >= 15 is 0 Å². The van der Waals surface area contributed by atoms with E-state index in [0.717, 1.165) is 18.8 Å². The summed E-state index contributed by atoms with van der Waals surface area (Å²) in [4.78, 5) is 0. The Morgan fingerprint density at radius 1 is 1.00 bits per heavy atom. The maximum Gasteiger partial charge on any atom is 0.150 e. The van der Waals surface area contributed by atoms with Crippen LogP contribution < -0.4 is 16.2 Å². The molecule has 0 aliphatic carbocycles. The molecule has 7 N–H and O–H groups in total. The number of ether oxygens (including phenoxy) is 3. The summed E-state index contributed by atoms with van der Waals surface area (Å²) in [5, 5.41) is 23.2. The van der Waals surface area contributed by atoms with E-state index in [1.54, 1.807) is 24.3 Å². The van der Waals surface area contributed by atoms with Crippen molar-refractivity contribution in [2.24, 2.45) is 11.5 Å². The fourth-order valence-corrected chi connectivity index (χ4v) is 3.09. The van der Waals surface area contributed by atoms with Gasteiger partial charge < -0.3 is 30.8 Å². The molecule has 28 heavy (non-hydrogen) atoms. The minimum Gasteiger partial charge on any atom is -0.508 e. The van der Waals surface area contributed by atoms with Gasteiger partial charge in [-0.05, 0) is 42.8 Å². The SMILES string of the molecule is N=C(N)c1ccc(OC2COC3CCOC32)cc1.N=C(N)c1cccc(O)c1. The molecule has 2 saturated heterocycles. The number of hydrogen-bond acceptors (Lipinski definition) is 6. The molecule has 2 fully saturated rings. The largest absolute Gasteiger partial charge is 0.508 e. The fraction of sp³-hybridized carbons (Fsp3) is 0.300. The Kier molecular flexibility index (Phi) is 6.13. The number of nitrogens with one attached hydrogen (secondary N) is 2. The van der Waals surface area contributed by atoms with Crippen LogP contribution >= 0.6 is 0 Å². The Morgan fingerprint density at radius 3 is 2.32 bits per heavy atom. The van der Waals surface area contributed by atoms with Gasteiger partial charge >= 0.3 is 0 Å². The van der Waals surface area contributed by atoms with E-state index in [1.165, 1.54) is 12.1 Å². The van der Waals surface area contributed by atoms with Crippen LogP contribution in [0.4, 0.5) is 0 Å². The van der Waals surface area contributed by atoms with Gasteiger partial charge in [-0.1, -0.05) is 12.1 Å². The molecule has 2 aliphatic rings. The molecule has 2 heterocycles. The van der Waals surface area contributed by atoms with Gasteiger partial charge in [0.15, 0.2) is 6.10 Å². The van der Waals surface area contributed by atoms with Crippen LogP contribution in [0.5, 0.6) is 11.5 Å². The predicted octanol–water partition coefficient (Wildman–Crippen LogP) is 1.58. The van der Waals surface area contributed by atoms with Crippen LogP contribution in [-0.2, 0) is 9.47 Å². The first-order chi connectivity index (χ1) is 13.4. The maximum atomic E-state index is 8.91. The molecular formula is C20H24N4O4. The normalized spacial score (nSPS) is 22.6. The van der Waals surface area contributed by atoms with Gasteiger partial charge in [0.2, 0.25) is 0 Å². The second kappa shape index (κ2) is 8.73. The molecule has 3 atom stereocenters. The Labute approximate surface area is 163 Å². The van der Waals surface area contributed by atoms with Crippen molar-refractivity contribution >= 4 is 11.7 Å². The lowest BCUT2D eigenvalue weighted by Gasteiger charge is -2.18. The van der Waals surface area contributed by atoms with E-state index in [-0.39, 0.29) is 35.7 Å². The van der Waals surface area contributed by atoms with E-state index in [9.17, 15) is 0 Å². The lowest BCUT2D eigenvalue weighted by Crippen LogP contribution is -2.32. The number of amidine groups is 2. The first kappa shape index (κ1) is 19.7. The lowest BCUT2D eigenvalue weighted by molar-refractivity contribution is 0.0308. The van der Waals surface area contributed by atoms with Crippen molar-refractivity contribution < 1.29 is 19.3 Å². The van der Waals surface area contributed by atoms with Crippen molar-refractivity contribution in [3.63, 3.8) is 0 Å². The van der Waals surface area contributed by atoms with Gasteiger partial charge in [-0.25, -0.2) is 0 Å². The van der Waals surface area contributed by atoms with Crippen LogP contribution in [-0.4, -0.2) is 48.3 Å². The zero-order valence-corrected chi connectivity index (χ0v) is 15.3. The van der Waals surface area contributed by atoms with E-state index in [1.807, 2.05) is 12.1 Å². The summed E-state index contributed by atoms with van der Waals surface area (Å²) in [7, 11) is 0. The minimum absolute atomic E-state index is 0.0316. The van der Waals surface area contributed by atoms with Gasteiger partial charge in [-0.3, -0.25) is 10.8 Å². The monoisotopic (exact) mass is 384 g/mol. The average Bonchev–Trinajstić information content (AvgIpc) is 3.28. The Balaban J connectivity index is 0.000000192. The third-order valence-corrected chi connectivity index (χ3v) is 4.53. The molecule has 8 heteroatoms. The number of aromatic hydroxyl groups is 1. The van der Waals surface area contributed by atoms with E-state index in [0.29, 0.717) is 17.7 Å². The highest BCUT2D eigenvalue weighted by Gasteiger charge is 2.43. The molecule has 2 aliphatic heterocycles. The van der Waals surface area contributed by atoms with Crippen LogP contribution in [0, 0.1) is 10.8 Å². The molecule has 0 spiro atoms. The van der Waals surface area contributed by atoms with E-state index in [2.05, 4.69) is 0 Å². The summed E-state index contributed by atoms with van der Waals surface area (Å²) in [6.07, 6.45) is 1.15. The van der Waals surface area contributed by atoms with Gasteiger partial charge in [0.05, 0.1) is 12.7 Å². The van der Waals surface area contributed by atoms with Gasteiger partial charge in [0, 0.05) is 17.7 Å². The van der Waals surface area contributed by atoms with Crippen LogP contribution in [0.2, 0.25) is 0 Å². The third-order valence-electron chi connectivity index (χ3n) is 4.53. The first-order valence-corrected chi connectivity index (χ1v) is 8.92. The number of phenolic OH excluding ortho intramolecular Hbond substituents is 1. The quantitative estimate of drug-likeness (QED) is 0.399. The molecule has 3 unspecified atom stereocenters. The van der Waals surface area contributed by atoms with Gasteiger partial charge in [0.1, 0.15) is 29.3 Å². The van der Waals surface area contributed by atoms with Crippen molar-refractivity contribution in [1.82, 2.24) is 0 Å². The number of phenols is 1. The molecule has 2 aromatic carbocycles. The molecule has 0 bridgehead atoms. The second-order valence-corrected chi connectivity index (χ2v) is 6.55. The number of nitrogens with two attached hydrogens (primary N) is 2. The Bertz CT molecular complexity index is 840. The highest BCUT2D eigenvalue weighted by atomic mass is 16.6. The van der Waals surface area contributed by atoms with Crippen molar-refractivity contribution in [2.75, 3.05) is 13.2 Å². The van der Waals surface area contributed by atoms with Crippen LogP contribution in [0.1, 0.15) is 17.5 Å². The summed E-state index contributed by atoms with van der Waals surface area (Å²) in [6, 6.07) is 13.5. The summed E-state index contributed by atoms with van der Waals surface area (Å²) in [6.45, 7) is 1.32. The fourth-order valence-electron chi connectivity index (χ4n) is 3.09. The average molecular weight is 384 g/mol. The van der Waals surface area contributed by atoms with Crippen molar-refractivity contribution in [3.8, 4) is 11.5 Å². The standard InChI is InChI=1S/C13H16N2O3.C7H8N2O/c14-13(15)8-1-3-9(4-2-8)18-11-7-17-10-5-6-16-12(10)11;8-7(9)5-2-1-3-6(10)4-5/h1-4,10-12H,5-7H2,(H3,14,15);1-4,10H,(H3,8,9). The molecule has 0 amide bonds. The van der Waals surface area contributed by atoms with Gasteiger partial charge in [0.25, 0.3) is 0 Å². The lowest BCUT2D eigenvalue weighted by atomic mass is 10.1. The topological polar surface area (TPSA) is 148 Å². The molecule has 0 saturated carbocycles. The predicted molar refractivity (Wildman–Crippen MR) is 105 cm³/mol. The number of fused-ring (bicyclic) bond motifs is 1. The third kappa shape index (κ3) is 4.79. The second-order valence-electron chi connectivity index (χ2n) is 6.55. The van der Waals surface area contributed by atoms with Gasteiger partial charge in [-0.15, -0.1) is 0 Å². The first-order valence-electron chi connectivity index (χ1n) is 8.92. The highest BCUT2D eigenvalue weighted by Crippen LogP contribution is 2.29.